The Kier molecular flexibility index (Phi) is 4.78. The largest absolute Gasteiger partial charge is 0.309 e. The second-order valence-corrected chi connectivity index (χ2v) is 5.69. The third-order valence-electron chi connectivity index (χ3n) is 3.17. The molecule has 0 fully saturated rings. The standard InChI is InChI=1S/C15H13BrClF2N/c1-8-4-3-5-9(14(8)16)15(20-2)10-6-12(18)13(19)7-11(10)17/h3-7,15,20H,1-2H3. The summed E-state index contributed by atoms with van der Waals surface area (Å²) in [6.07, 6.45) is 0. The first kappa shape index (κ1) is 15.4. The molecule has 0 spiro atoms. The lowest BCUT2D eigenvalue weighted by molar-refractivity contribution is 0.505. The number of aryl methyl sites for hydroxylation is 1. The van der Waals surface area contributed by atoms with Crippen LogP contribution < -0.4 is 5.32 Å². The van der Waals surface area contributed by atoms with Crippen molar-refractivity contribution in [1.82, 2.24) is 5.32 Å². The highest BCUT2D eigenvalue weighted by Gasteiger charge is 2.20. The molecule has 0 aliphatic rings. The van der Waals surface area contributed by atoms with Gasteiger partial charge in [0.25, 0.3) is 0 Å². The lowest BCUT2D eigenvalue weighted by Crippen LogP contribution is -2.19. The number of rotatable bonds is 3. The van der Waals surface area contributed by atoms with Gasteiger partial charge in [-0.1, -0.05) is 45.7 Å². The van der Waals surface area contributed by atoms with Crippen LogP contribution in [0.15, 0.2) is 34.8 Å². The van der Waals surface area contributed by atoms with Crippen molar-refractivity contribution >= 4 is 27.5 Å². The summed E-state index contributed by atoms with van der Waals surface area (Å²) < 4.78 is 27.6. The molecule has 1 unspecified atom stereocenters. The van der Waals surface area contributed by atoms with Crippen LogP contribution in [0.25, 0.3) is 0 Å². The van der Waals surface area contributed by atoms with Crippen LogP contribution >= 0.6 is 27.5 Å². The molecule has 1 atom stereocenters. The minimum absolute atomic E-state index is 0.191. The molecule has 0 saturated heterocycles. The molecular formula is C15H13BrClF2N. The average molecular weight is 361 g/mol. The van der Waals surface area contributed by atoms with Gasteiger partial charge in [-0.2, -0.15) is 0 Å². The van der Waals surface area contributed by atoms with Crippen molar-refractivity contribution in [3.05, 3.63) is 68.2 Å². The van der Waals surface area contributed by atoms with Crippen molar-refractivity contribution < 1.29 is 8.78 Å². The molecule has 2 aromatic rings. The van der Waals surface area contributed by atoms with Gasteiger partial charge in [-0.25, -0.2) is 8.78 Å². The van der Waals surface area contributed by atoms with Gasteiger partial charge in [-0.3, -0.25) is 0 Å². The van der Waals surface area contributed by atoms with Gasteiger partial charge in [0.1, 0.15) is 0 Å². The zero-order valence-corrected chi connectivity index (χ0v) is 13.3. The fourth-order valence-corrected chi connectivity index (χ4v) is 2.88. The van der Waals surface area contributed by atoms with E-state index in [1.807, 2.05) is 25.1 Å². The average Bonchev–Trinajstić information content (AvgIpc) is 2.41. The van der Waals surface area contributed by atoms with E-state index >= 15 is 0 Å². The van der Waals surface area contributed by atoms with Gasteiger partial charge >= 0.3 is 0 Å². The number of hydrogen-bond acceptors (Lipinski definition) is 1. The summed E-state index contributed by atoms with van der Waals surface area (Å²) in [6, 6.07) is 7.59. The van der Waals surface area contributed by atoms with Crippen LogP contribution in [0.1, 0.15) is 22.7 Å². The minimum atomic E-state index is -0.947. The molecule has 0 bridgehead atoms. The fourth-order valence-electron chi connectivity index (χ4n) is 2.13. The topological polar surface area (TPSA) is 12.0 Å². The number of hydrogen-bond donors (Lipinski definition) is 1. The van der Waals surface area contributed by atoms with Gasteiger partial charge < -0.3 is 5.32 Å². The maximum atomic E-state index is 13.5. The van der Waals surface area contributed by atoms with Gasteiger partial charge in [0.05, 0.1) is 6.04 Å². The fraction of sp³-hybridized carbons (Fsp3) is 0.200. The van der Waals surface area contributed by atoms with Crippen molar-refractivity contribution in [1.29, 1.82) is 0 Å². The Balaban J connectivity index is 2.58. The van der Waals surface area contributed by atoms with Crippen LogP contribution in [-0.2, 0) is 0 Å². The van der Waals surface area contributed by atoms with Gasteiger partial charge in [-0.05, 0) is 42.8 Å². The quantitative estimate of drug-likeness (QED) is 0.760. The summed E-state index contributed by atoms with van der Waals surface area (Å²) in [5.41, 5.74) is 2.47. The molecule has 2 aromatic carbocycles. The molecule has 20 heavy (non-hydrogen) atoms. The van der Waals surface area contributed by atoms with Crippen LogP contribution in [0.3, 0.4) is 0 Å². The molecule has 5 heteroatoms. The number of halogens is 4. The monoisotopic (exact) mass is 359 g/mol. The lowest BCUT2D eigenvalue weighted by Gasteiger charge is -2.21. The molecule has 1 N–H and O–H groups in total. The third-order valence-corrected chi connectivity index (χ3v) is 4.58. The first-order chi connectivity index (χ1) is 9.45. The van der Waals surface area contributed by atoms with Crippen molar-refractivity contribution in [2.75, 3.05) is 7.05 Å². The van der Waals surface area contributed by atoms with E-state index in [9.17, 15) is 8.78 Å². The Labute approximate surface area is 130 Å². The molecule has 2 rings (SSSR count). The maximum Gasteiger partial charge on any atom is 0.160 e. The summed E-state index contributed by atoms with van der Waals surface area (Å²) in [6.45, 7) is 1.97. The van der Waals surface area contributed by atoms with E-state index in [1.54, 1.807) is 7.05 Å². The molecule has 0 amide bonds. The highest BCUT2D eigenvalue weighted by Crippen LogP contribution is 2.34. The number of nitrogens with one attached hydrogen (secondary N) is 1. The predicted molar refractivity (Wildman–Crippen MR) is 81.1 cm³/mol. The van der Waals surface area contributed by atoms with Crippen LogP contribution in [0, 0.1) is 18.6 Å². The van der Waals surface area contributed by atoms with Gasteiger partial charge in [0.2, 0.25) is 0 Å². The molecule has 1 nitrogen and oxygen atoms in total. The predicted octanol–water partition coefficient (Wildman–Crippen LogP) is 5.00. The molecular weight excluding hydrogens is 348 g/mol. The molecule has 0 aliphatic carbocycles. The SMILES string of the molecule is CNC(c1cc(F)c(F)cc1Cl)c1cccc(C)c1Br. The Morgan fingerprint density at radius 2 is 1.80 bits per heavy atom. The maximum absolute atomic E-state index is 13.5. The summed E-state index contributed by atoms with van der Waals surface area (Å²) in [4.78, 5) is 0. The highest BCUT2D eigenvalue weighted by molar-refractivity contribution is 9.10. The van der Waals surface area contributed by atoms with Crippen LogP contribution in [0.4, 0.5) is 8.78 Å². The lowest BCUT2D eigenvalue weighted by atomic mass is 9.97. The van der Waals surface area contributed by atoms with Crippen LogP contribution in [-0.4, -0.2) is 7.05 Å². The van der Waals surface area contributed by atoms with E-state index in [-0.39, 0.29) is 11.1 Å². The van der Waals surface area contributed by atoms with Gasteiger partial charge in [0, 0.05) is 9.50 Å². The molecule has 0 aliphatic heterocycles. The van der Waals surface area contributed by atoms with Gasteiger partial charge in [0.15, 0.2) is 11.6 Å². The molecule has 0 aromatic heterocycles. The van der Waals surface area contributed by atoms with Crippen molar-refractivity contribution in [2.45, 2.75) is 13.0 Å². The summed E-state index contributed by atoms with van der Waals surface area (Å²) in [7, 11) is 1.75. The van der Waals surface area contributed by atoms with Crippen molar-refractivity contribution in [3.63, 3.8) is 0 Å². The van der Waals surface area contributed by atoms with E-state index in [4.69, 9.17) is 11.6 Å². The third kappa shape index (κ3) is 2.87. The Bertz CT molecular complexity index is 646. The normalized spacial score (nSPS) is 12.5. The zero-order chi connectivity index (χ0) is 14.9. The Morgan fingerprint density at radius 3 is 2.45 bits per heavy atom. The second kappa shape index (κ2) is 6.20. The summed E-state index contributed by atoms with van der Waals surface area (Å²) >= 11 is 9.58. The first-order valence-electron chi connectivity index (χ1n) is 6.02. The second-order valence-electron chi connectivity index (χ2n) is 4.49. The van der Waals surface area contributed by atoms with Crippen LogP contribution in [0.2, 0.25) is 5.02 Å². The smallest absolute Gasteiger partial charge is 0.160 e. The molecule has 0 radical (unpaired) electrons. The zero-order valence-electron chi connectivity index (χ0n) is 11.0. The van der Waals surface area contributed by atoms with E-state index in [0.29, 0.717) is 5.56 Å². The Morgan fingerprint density at radius 1 is 1.15 bits per heavy atom. The van der Waals surface area contributed by atoms with Gasteiger partial charge in [-0.15, -0.1) is 0 Å². The molecule has 0 heterocycles. The molecule has 106 valence electrons. The Hall–Kier alpha value is -0.970. The first-order valence-corrected chi connectivity index (χ1v) is 7.19. The van der Waals surface area contributed by atoms with E-state index in [2.05, 4.69) is 21.2 Å². The minimum Gasteiger partial charge on any atom is -0.309 e. The highest BCUT2D eigenvalue weighted by atomic mass is 79.9. The van der Waals surface area contributed by atoms with E-state index in [1.165, 1.54) is 0 Å². The molecule has 0 saturated carbocycles. The van der Waals surface area contributed by atoms with Crippen molar-refractivity contribution in [3.8, 4) is 0 Å². The van der Waals surface area contributed by atoms with Crippen LogP contribution in [0.5, 0.6) is 0 Å². The van der Waals surface area contributed by atoms with E-state index < -0.39 is 11.6 Å². The summed E-state index contributed by atoms with van der Waals surface area (Å²) in [5.74, 6) is -1.86. The van der Waals surface area contributed by atoms with Crippen molar-refractivity contribution in [2.24, 2.45) is 0 Å². The number of benzene rings is 2. The summed E-state index contributed by atoms with van der Waals surface area (Å²) in [5, 5.41) is 3.28. The van der Waals surface area contributed by atoms with E-state index in [0.717, 1.165) is 27.7 Å².